The Labute approximate surface area is 133 Å². The molecule has 5 nitrogen and oxygen atoms in total. The molecule has 2 amide bonds. The normalized spacial score (nSPS) is 21.2. The molecule has 0 aliphatic carbocycles. The molecule has 0 spiro atoms. The van der Waals surface area contributed by atoms with Gasteiger partial charge in [-0.3, -0.25) is 4.98 Å². The molecule has 1 atom stereocenters. The minimum absolute atomic E-state index is 0.00423. The number of carbonyl (C=O) groups excluding carboxylic acids is 1. The minimum atomic E-state index is -0.336. The van der Waals surface area contributed by atoms with E-state index in [-0.39, 0.29) is 23.3 Å². The average molecular weight is 305 g/mol. The van der Waals surface area contributed by atoms with Gasteiger partial charge in [0.05, 0.1) is 30.3 Å². The van der Waals surface area contributed by atoms with Crippen LogP contribution < -0.4 is 5.32 Å². The number of pyridine rings is 1. The molecule has 1 aliphatic rings. The number of urea groups is 1. The van der Waals surface area contributed by atoms with E-state index >= 15 is 0 Å². The molecule has 1 fully saturated rings. The smallest absolute Gasteiger partial charge is 0.318 e. The largest absolute Gasteiger partial charge is 0.366 e. The molecular weight excluding hydrogens is 278 g/mol. The van der Waals surface area contributed by atoms with Crippen molar-refractivity contribution in [2.24, 2.45) is 0 Å². The molecule has 1 saturated heterocycles. The van der Waals surface area contributed by atoms with Crippen molar-refractivity contribution in [3.63, 3.8) is 0 Å². The zero-order valence-corrected chi connectivity index (χ0v) is 14.2. The van der Waals surface area contributed by atoms with Crippen molar-refractivity contribution >= 4 is 6.03 Å². The summed E-state index contributed by atoms with van der Waals surface area (Å²) in [6, 6.07) is 3.86. The highest BCUT2D eigenvalue weighted by molar-refractivity contribution is 5.75. The molecule has 1 aromatic rings. The highest BCUT2D eigenvalue weighted by Gasteiger charge is 2.40. The molecule has 1 aromatic heterocycles. The maximum absolute atomic E-state index is 12.7. The van der Waals surface area contributed by atoms with Crippen LogP contribution in [0.5, 0.6) is 0 Å². The van der Waals surface area contributed by atoms with Gasteiger partial charge in [0.1, 0.15) is 0 Å². The van der Waals surface area contributed by atoms with Gasteiger partial charge in [0, 0.05) is 12.4 Å². The zero-order valence-electron chi connectivity index (χ0n) is 14.2. The first-order valence-electron chi connectivity index (χ1n) is 7.88. The van der Waals surface area contributed by atoms with Gasteiger partial charge in [-0.2, -0.15) is 0 Å². The first kappa shape index (κ1) is 16.7. The monoisotopic (exact) mass is 305 g/mol. The maximum Gasteiger partial charge on any atom is 0.318 e. The van der Waals surface area contributed by atoms with Crippen molar-refractivity contribution in [2.75, 3.05) is 13.1 Å². The van der Waals surface area contributed by atoms with Gasteiger partial charge in [0.25, 0.3) is 0 Å². The third-order valence-corrected chi connectivity index (χ3v) is 3.80. The van der Waals surface area contributed by atoms with Gasteiger partial charge in [-0.05, 0) is 51.8 Å². The second-order valence-electron chi connectivity index (χ2n) is 7.17. The van der Waals surface area contributed by atoms with Crippen LogP contribution in [0.4, 0.5) is 4.79 Å². The van der Waals surface area contributed by atoms with Crippen LogP contribution in [-0.4, -0.2) is 40.2 Å². The van der Waals surface area contributed by atoms with E-state index < -0.39 is 0 Å². The van der Waals surface area contributed by atoms with E-state index in [9.17, 15) is 4.79 Å². The molecule has 5 heteroatoms. The molecule has 122 valence electrons. The van der Waals surface area contributed by atoms with Crippen molar-refractivity contribution in [2.45, 2.75) is 58.3 Å². The summed E-state index contributed by atoms with van der Waals surface area (Å²) in [5.41, 5.74) is 0.409. The summed E-state index contributed by atoms with van der Waals surface area (Å²) in [6.07, 6.45) is 4.35. The van der Waals surface area contributed by atoms with Gasteiger partial charge in [0.2, 0.25) is 0 Å². The quantitative estimate of drug-likeness (QED) is 0.933. The van der Waals surface area contributed by atoms with Gasteiger partial charge < -0.3 is 15.0 Å². The number of hydrogen-bond acceptors (Lipinski definition) is 3. The maximum atomic E-state index is 12.7. The predicted molar refractivity (Wildman–Crippen MR) is 86.6 cm³/mol. The van der Waals surface area contributed by atoms with E-state index in [1.54, 1.807) is 12.4 Å². The molecule has 1 N–H and O–H groups in total. The summed E-state index contributed by atoms with van der Waals surface area (Å²) >= 11 is 0. The number of hydrogen-bond donors (Lipinski definition) is 1. The first-order valence-corrected chi connectivity index (χ1v) is 7.88. The number of carbonyl (C=O) groups is 1. The summed E-state index contributed by atoms with van der Waals surface area (Å²) in [6.45, 7) is 11.3. The van der Waals surface area contributed by atoms with Crippen molar-refractivity contribution in [1.82, 2.24) is 15.2 Å². The Balaban J connectivity index is 2.07. The Morgan fingerprint density at radius 3 is 2.32 bits per heavy atom. The van der Waals surface area contributed by atoms with Crippen molar-refractivity contribution in [1.29, 1.82) is 0 Å². The number of amides is 2. The van der Waals surface area contributed by atoms with Crippen LogP contribution in [0.2, 0.25) is 0 Å². The molecule has 2 rings (SSSR count). The highest BCUT2D eigenvalue weighted by Crippen LogP contribution is 2.28. The molecular formula is C17H27N3O2. The third-order valence-electron chi connectivity index (χ3n) is 3.80. The summed E-state index contributed by atoms with van der Waals surface area (Å²) in [7, 11) is 0. The number of morpholine rings is 1. The average Bonchev–Trinajstić information content (AvgIpc) is 2.42. The third kappa shape index (κ3) is 4.19. The van der Waals surface area contributed by atoms with Crippen LogP contribution in [0.25, 0.3) is 0 Å². The highest BCUT2D eigenvalue weighted by atomic mass is 16.5. The topological polar surface area (TPSA) is 54.5 Å². The van der Waals surface area contributed by atoms with E-state index in [1.165, 1.54) is 0 Å². The summed E-state index contributed by atoms with van der Waals surface area (Å²) in [4.78, 5) is 18.5. The number of aromatic nitrogens is 1. The number of nitrogens with one attached hydrogen (secondary N) is 1. The number of rotatable bonds is 3. The molecule has 1 aliphatic heterocycles. The summed E-state index contributed by atoms with van der Waals surface area (Å²) in [5.74, 6) is 0. The van der Waals surface area contributed by atoms with Gasteiger partial charge in [-0.1, -0.05) is 6.92 Å². The predicted octanol–water partition coefficient (Wildman–Crippen LogP) is 3.13. The standard InChI is InChI=1S/C17H27N3O2/c1-6-14(13-7-9-18-10-8-13)19-15(21)20-11-16(2,3)22-17(4,5)12-20/h7-10,14H,6,11-12H2,1-5H3,(H,19,21). The Bertz CT molecular complexity index is 498. The molecule has 22 heavy (non-hydrogen) atoms. The van der Waals surface area contributed by atoms with E-state index in [4.69, 9.17) is 4.74 Å². The molecule has 0 aromatic carbocycles. The van der Waals surface area contributed by atoms with Gasteiger partial charge >= 0.3 is 6.03 Å². The van der Waals surface area contributed by atoms with Crippen LogP contribution in [0.15, 0.2) is 24.5 Å². The van der Waals surface area contributed by atoms with E-state index in [1.807, 2.05) is 44.7 Å². The fraction of sp³-hybridized carbons (Fsp3) is 0.647. The lowest BCUT2D eigenvalue weighted by Gasteiger charge is -2.47. The van der Waals surface area contributed by atoms with Crippen LogP contribution in [0.3, 0.4) is 0 Å². The lowest BCUT2D eigenvalue weighted by Crippen LogP contribution is -2.60. The van der Waals surface area contributed by atoms with Gasteiger partial charge in [0.15, 0.2) is 0 Å². The molecule has 0 saturated carbocycles. The fourth-order valence-corrected chi connectivity index (χ4v) is 3.19. The number of nitrogens with zero attached hydrogens (tertiary/aromatic N) is 2. The number of ether oxygens (including phenoxy) is 1. The van der Waals surface area contributed by atoms with Crippen molar-refractivity contribution in [3.8, 4) is 0 Å². The lowest BCUT2D eigenvalue weighted by atomic mass is 9.99. The summed E-state index contributed by atoms with van der Waals surface area (Å²) in [5, 5.41) is 3.13. The van der Waals surface area contributed by atoms with E-state index in [0.29, 0.717) is 13.1 Å². The van der Waals surface area contributed by atoms with E-state index in [0.717, 1.165) is 12.0 Å². The molecule has 2 heterocycles. The van der Waals surface area contributed by atoms with Crippen molar-refractivity contribution in [3.05, 3.63) is 30.1 Å². The minimum Gasteiger partial charge on any atom is -0.366 e. The van der Waals surface area contributed by atoms with Crippen LogP contribution in [0.1, 0.15) is 52.6 Å². The van der Waals surface area contributed by atoms with E-state index in [2.05, 4.69) is 17.2 Å². The van der Waals surface area contributed by atoms with Crippen LogP contribution >= 0.6 is 0 Å². The van der Waals surface area contributed by atoms with Crippen LogP contribution in [-0.2, 0) is 4.74 Å². The molecule has 1 unspecified atom stereocenters. The van der Waals surface area contributed by atoms with Crippen LogP contribution in [0, 0.1) is 0 Å². The molecule has 0 radical (unpaired) electrons. The second kappa shape index (κ2) is 6.24. The first-order chi connectivity index (χ1) is 10.2. The fourth-order valence-electron chi connectivity index (χ4n) is 3.19. The zero-order chi connectivity index (χ0) is 16.4. The SMILES string of the molecule is CCC(NC(=O)N1CC(C)(C)OC(C)(C)C1)c1ccncc1. The summed E-state index contributed by atoms with van der Waals surface area (Å²) < 4.78 is 6.03. The van der Waals surface area contributed by atoms with Gasteiger partial charge in [-0.25, -0.2) is 4.79 Å². The Morgan fingerprint density at radius 2 is 1.82 bits per heavy atom. The Kier molecular flexibility index (Phi) is 4.75. The van der Waals surface area contributed by atoms with Crippen molar-refractivity contribution < 1.29 is 9.53 Å². The van der Waals surface area contributed by atoms with Gasteiger partial charge in [-0.15, -0.1) is 0 Å². The Hall–Kier alpha value is -1.62. The Morgan fingerprint density at radius 1 is 1.27 bits per heavy atom. The lowest BCUT2D eigenvalue weighted by molar-refractivity contribution is -0.170. The molecule has 0 bridgehead atoms. The second-order valence-corrected chi connectivity index (χ2v) is 7.17.